The molecule has 0 amide bonds. The zero-order valence-corrected chi connectivity index (χ0v) is 6.27. The average Bonchev–Trinajstić information content (AvgIpc) is 1.38. The van der Waals surface area contributed by atoms with Crippen LogP contribution in [-0.4, -0.2) is 19.9 Å². The minimum absolute atomic E-state index is 1.51. The first-order chi connectivity index (χ1) is 2.27. The van der Waals surface area contributed by atoms with Crippen LogP contribution in [0.3, 0.4) is 0 Å². The molecule has 0 saturated carbocycles. The second kappa shape index (κ2) is 3.28. The van der Waals surface area contributed by atoms with Gasteiger partial charge in [0.05, 0.1) is 0 Å². The Morgan fingerprint density at radius 3 is 1.80 bits per heavy atom. The molecule has 1 nitrogen and oxygen atoms in total. The molecular weight excluding hydrogens is 172 g/mol. The second-order valence-electron chi connectivity index (χ2n) is 0.430. The van der Waals surface area contributed by atoms with E-state index in [1.54, 1.807) is 0 Å². The van der Waals surface area contributed by atoms with E-state index in [9.17, 15) is 0 Å². The molecule has 1 radical (unpaired) electrons. The van der Waals surface area contributed by atoms with Crippen molar-refractivity contribution >= 4 is 32.8 Å². The van der Waals surface area contributed by atoms with Gasteiger partial charge in [-0.15, -0.1) is 0 Å². The molecule has 0 aromatic heterocycles. The van der Waals surface area contributed by atoms with Crippen molar-refractivity contribution in [1.82, 2.24) is 0 Å². The molecule has 0 aliphatic rings. The van der Waals surface area contributed by atoms with Gasteiger partial charge in [0.15, 0.2) is 0 Å². The van der Waals surface area contributed by atoms with Gasteiger partial charge >= 0.3 is 43.7 Å². The number of hydrogen-bond donors (Lipinski definition) is 0. The molecule has 0 spiro atoms. The Morgan fingerprint density at radius 1 is 1.60 bits per heavy atom. The van der Waals surface area contributed by atoms with E-state index in [0.29, 0.717) is 0 Å². The molecule has 0 rings (SSSR count). The summed E-state index contributed by atoms with van der Waals surface area (Å²) < 4.78 is 4.45. The topological polar surface area (TPSA) is 9.23 Å². The summed E-state index contributed by atoms with van der Waals surface area (Å²) >= 11 is -1.91. The molecule has 0 aliphatic heterocycles. The zero-order valence-electron chi connectivity index (χ0n) is 2.66. The van der Waals surface area contributed by atoms with E-state index in [0.717, 1.165) is 0 Å². The third-order valence-corrected chi connectivity index (χ3v) is 2.41. The van der Waals surface area contributed by atoms with Crippen molar-refractivity contribution in [2.24, 2.45) is 0 Å². The fourth-order valence-electron chi connectivity index (χ4n) is 0. The normalized spacial score (nSPS) is 9.60. The summed E-state index contributed by atoms with van der Waals surface area (Å²) in [6, 6.07) is 0. The van der Waals surface area contributed by atoms with Crippen LogP contribution in [0.2, 0.25) is 0 Å². The Bertz CT molecular complexity index is 23.6. The number of rotatable bonds is 1. The van der Waals surface area contributed by atoms with E-state index in [1.807, 2.05) is 0 Å². The van der Waals surface area contributed by atoms with Gasteiger partial charge in [0.25, 0.3) is 0 Å². The maximum absolute atomic E-state index is 5.17. The van der Waals surface area contributed by atoms with E-state index in [4.69, 9.17) is 20.0 Å². The Balaban J connectivity index is 2.54. The van der Waals surface area contributed by atoms with Gasteiger partial charge in [-0.1, -0.05) is 0 Å². The summed E-state index contributed by atoms with van der Waals surface area (Å²) in [6.07, 6.45) is 0. The van der Waals surface area contributed by atoms with Gasteiger partial charge in [-0.05, 0) is 0 Å². The third kappa shape index (κ3) is 5.08. The standard InChI is InChI=1S/CH3Cl2GeO/c1-5-4(2)3/h1H3. The predicted octanol–water partition coefficient (Wildman–Crippen LogP) is 1.10. The van der Waals surface area contributed by atoms with Crippen molar-refractivity contribution in [2.45, 2.75) is 0 Å². The second-order valence-corrected chi connectivity index (χ2v) is 6.81. The predicted molar refractivity (Wildman–Crippen MR) is 24.5 cm³/mol. The first kappa shape index (κ1) is 6.08. The molecule has 0 fully saturated rings. The van der Waals surface area contributed by atoms with Gasteiger partial charge in [0.2, 0.25) is 0 Å². The summed E-state index contributed by atoms with van der Waals surface area (Å²) in [6.45, 7) is 0. The zero-order chi connectivity index (χ0) is 4.28. The number of halogens is 2. The fourth-order valence-corrected chi connectivity index (χ4v) is 0. The molecule has 0 bridgehead atoms. The molecule has 0 aromatic rings. The van der Waals surface area contributed by atoms with Crippen molar-refractivity contribution in [3.8, 4) is 0 Å². The van der Waals surface area contributed by atoms with Crippen LogP contribution in [-0.2, 0) is 3.76 Å². The Labute approximate surface area is 44.0 Å². The van der Waals surface area contributed by atoms with Crippen LogP contribution in [0.25, 0.3) is 0 Å². The van der Waals surface area contributed by atoms with Crippen molar-refractivity contribution in [2.75, 3.05) is 7.11 Å². The Hall–Kier alpha value is 1.08. The molecule has 5 heavy (non-hydrogen) atoms. The van der Waals surface area contributed by atoms with E-state index < -0.39 is 12.8 Å². The fraction of sp³-hybridized carbons (Fsp3) is 1.00. The van der Waals surface area contributed by atoms with E-state index in [2.05, 4.69) is 3.76 Å². The summed E-state index contributed by atoms with van der Waals surface area (Å²) in [7, 11) is 11.9. The van der Waals surface area contributed by atoms with Crippen LogP contribution in [0.5, 0.6) is 0 Å². The van der Waals surface area contributed by atoms with Crippen LogP contribution in [0.15, 0.2) is 0 Å². The molecule has 0 N–H and O–H groups in total. The molecule has 0 unspecified atom stereocenters. The summed E-state index contributed by atoms with van der Waals surface area (Å²) in [5.41, 5.74) is 0. The first-order valence-electron chi connectivity index (χ1n) is 0.990. The average molecular weight is 175 g/mol. The van der Waals surface area contributed by atoms with Gasteiger partial charge in [0, 0.05) is 0 Å². The van der Waals surface area contributed by atoms with E-state index in [1.165, 1.54) is 7.11 Å². The molecular formula is CH3Cl2GeO. The minimum atomic E-state index is -1.91. The third-order valence-electron chi connectivity index (χ3n) is 0.154. The van der Waals surface area contributed by atoms with Crippen molar-refractivity contribution in [3.63, 3.8) is 0 Å². The molecule has 31 valence electrons. The summed E-state index contributed by atoms with van der Waals surface area (Å²) in [5, 5.41) is 0. The van der Waals surface area contributed by atoms with Crippen molar-refractivity contribution < 1.29 is 3.76 Å². The van der Waals surface area contributed by atoms with Crippen LogP contribution in [0.4, 0.5) is 0 Å². The van der Waals surface area contributed by atoms with E-state index >= 15 is 0 Å². The summed E-state index contributed by atoms with van der Waals surface area (Å²) in [5.74, 6) is 0. The van der Waals surface area contributed by atoms with Gasteiger partial charge in [-0.3, -0.25) is 0 Å². The van der Waals surface area contributed by atoms with Gasteiger partial charge in [-0.2, -0.15) is 0 Å². The van der Waals surface area contributed by atoms with E-state index in [-0.39, 0.29) is 0 Å². The SMILES string of the molecule is C[O][Ge]([Cl])[Cl]. The van der Waals surface area contributed by atoms with Crippen LogP contribution in [0, 0.1) is 0 Å². The Morgan fingerprint density at radius 2 is 1.80 bits per heavy atom. The van der Waals surface area contributed by atoms with Crippen molar-refractivity contribution in [3.05, 3.63) is 0 Å². The number of hydrogen-bond acceptors (Lipinski definition) is 1. The van der Waals surface area contributed by atoms with Crippen LogP contribution < -0.4 is 0 Å². The quantitative estimate of drug-likeness (QED) is 0.541. The van der Waals surface area contributed by atoms with Crippen LogP contribution in [0.1, 0.15) is 0 Å². The molecule has 0 aromatic carbocycles. The molecule has 0 heterocycles. The van der Waals surface area contributed by atoms with Gasteiger partial charge < -0.3 is 0 Å². The molecule has 0 aliphatic carbocycles. The van der Waals surface area contributed by atoms with Gasteiger partial charge in [0.1, 0.15) is 0 Å². The molecule has 0 saturated heterocycles. The van der Waals surface area contributed by atoms with Crippen molar-refractivity contribution in [1.29, 1.82) is 0 Å². The molecule has 4 heteroatoms. The van der Waals surface area contributed by atoms with Gasteiger partial charge in [-0.25, -0.2) is 0 Å². The van der Waals surface area contributed by atoms with Crippen LogP contribution >= 0.6 is 20.0 Å². The molecule has 0 atom stereocenters. The Kier molecular flexibility index (Phi) is 3.99. The maximum atomic E-state index is 5.17. The summed E-state index contributed by atoms with van der Waals surface area (Å²) in [4.78, 5) is 0. The monoisotopic (exact) mass is 175 g/mol. The first-order valence-corrected chi connectivity index (χ1v) is 7.36.